The Morgan fingerprint density at radius 1 is 1.58 bits per heavy atom. The monoisotopic (exact) mass is 301 g/mol. The van der Waals surface area contributed by atoms with Gasteiger partial charge in [-0.3, -0.25) is 0 Å². The van der Waals surface area contributed by atoms with Crippen LogP contribution in [0.25, 0.3) is 0 Å². The number of thiazole rings is 1. The highest BCUT2D eigenvalue weighted by atomic mass is 32.2. The van der Waals surface area contributed by atoms with E-state index in [2.05, 4.69) is 14.7 Å². The predicted molar refractivity (Wildman–Crippen MR) is 68.6 cm³/mol. The Morgan fingerprint density at radius 2 is 2.32 bits per heavy atom. The molecule has 19 heavy (non-hydrogen) atoms. The molecule has 0 aromatic carbocycles. The second-order valence-electron chi connectivity index (χ2n) is 3.76. The summed E-state index contributed by atoms with van der Waals surface area (Å²) in [5.74, 6) is -1.21. The van der Waals surface area contributed by atoms with E-state index in [0.717, 1.165) is 18.0 Å². The molecule has 7 nitrogen and oxygen atoms in total. The summed E-state index contributed by atoms with van der Waals surface area (Å²) in [7, 11) is -3.74. The third-order valence-electron chi connectivity index (χ3n) is 2.28. The van der Waals surface area contributed by atoms with Crippen LogP contribution in [-0.2, 0) is 16.6 Å². The zero-order valence-electron chi connectivity index (χ0n) is 9.87. The Bertz CT molecular complexity index is 702. The number of carboxylic acid groups (broad SMARTS) is 1. The van der Waals surface area contributed by atoms with Crippen LogP contribution in [0.5, 0.6) is 0 Å². The number of aromatic carboxylic acids is 1. The minimum Gasteiger partial charge on any atom is -0.477 e. The van der Waals surface area contributed by atoms with Crippen LogP contribution in [0.4, 0.5) is 0 Å². The summed E-state index contributed by atoms with van der Waals surface area (Å²) in [4.78, 5) is 17.1. The molecule has 0 spiro atoms. The van der Waals surface area contributed by atoms with Crippen molar-refractivity contribution in [3.05, 3.63) is 34.0 Å². The van der Waals surface area contributed by atoms with Crippen LogP contribution < -0.4 is 4.72 Å². The molecule has 3 N–H and O–H groups in total. The van der Waals surface area contributed by atoms with Crippen molar-refractivity contribution in [3.8, 4) is 0 Å². The molecule has 9 heteroatoms. The first-order valence-electron chi connectivity index (χ1n) is 5.21. The van der Waals surface area contributed by atoms with E-state index in [1.807, 2.05) is 12.3 Å². The van der Waals surface area contributed by atoms with Crippen molar-refractivity contribution in [2.24, 2.45) is 0 Å². The molecule has 0 radical (unpaired) electrons. The molecule has 0 aliphatic carbocycles. The lowest BCUT2D eigenvalue weighted by atomic mass is 10.4. The van der Waals surface area contributed by atoms with E-state index in [-0.39, 0.29) is 17.1 Å². The van der Waals surface area contributed by atoms with Gasteiger partial charge in [-0.15, -0.1) is 11.3 Å². The molecular weight excluding hydrogens is 290 g/mol. The molecular formula is C10H11N3O4S2. The number of carboxylic acids is 1. The lowest BCUT2D eigenvalue weighted by molar-refractivity contribution is 0.0691. The quantitative estimate of drug-likeness (QED) is 0.761. The Hall–Kier alpha value is -1.71. The van der Waals surface area contributed by atoms with Crippen LogP contribution in [0.15, 0.2) is 22.5 Å². The average molecular weight is 301 g/mol. The van der Waals surface area contributed by atoms with Crippen molar-refractivity contribution in [1.29, 1.82) is 0 Å². The maximum atomic E-state index is 11.9. The number of nitrogens with one attached hydrogen (secondary N) is 2. The molecule has 0 unspecified atom stereocenters. The van der Waals surface area contributed by atoms with Crippen molar-refractivity contribution in [3.63, 3.8) is 0 Å². The number of aryl methyl sites for hydroxylation is 1. The lowest BCUT2D eigenvalue weighted by Crippen LogP contribution is -2.22. The number of aromatic amines is 1. The van der Waals surface area contributed by atoms with Gasteiger partial charge in [0.1, 0.15) is 15.6 Å². The zero-order chi connectivity index (χ0) is 14.0. The van der Waals surface area contributed by atoms with E-state index in [1.54, 1.807) is 0 Å². The summed E-state index contributed by atoms with van der Waals surface area (Å²) in [5.41, 5.74) is 0.652. The first-order valence-corrected chi connectivity index (χ1v) is 7.57. The van der Waals surface area contributed by atoms with E-state index in [4.69, 9.17) is 5.11 Å². The van der Waals surface area contributed by atoms with Gasteiger partial charge in [-0.1, -0.05) is 0 Å². The van der Waals surface area contributed by atoms with Crippen LogP contribution in [0.1, 0.15) is 21.2 Å². The van der Waals surface area contributed by atoms with Crippen molar-refractivity contribution in [2.45, 2.75) is 18.4 Å². The lowest BCUT2D eigenvalue weighted by Gasteiger charge is -2.02. The summed E-state index contributed by atoms with van der Waals surface area (Å²) in [5, 5.41) is 11.2. The summed E-state index contributed by atoms with van der Waals surface area (Å²) in [6.07, 6.45) is 1.14. The van der Waals surface area contributed by atoms with E-state index in [1.165, 1.54) is 11.3 Å². The zero-order valence-corrected chi connectivity index (χ0v) is 11.5. The van der Waals surface area contributed by atoms with Crippen molar-refractivity contribution in [1.82, 2.24) is 14.7 Å². The minimum absolute atomic E-state index is 0.0778. The average Bonchev–Trinajstić information content (AvgIpc) is 2.95. The fourth-order valence-electron chi connectivity index (χ4n) is 1.38. The van der Waals surface area contributed by atoms with E-state index >= 15 is 0 Å². The first kappa shape index (κ1) is 13.7. The van der Waals surface area contributed by atoms with Gasteiger partial charge >= 0.3 is 5.97 Å². The number of hydrogen-bond donors (Lipinski definition) is 3. The van der Waals surface area contributed by atoms with Crippen molar-refractivity contribution in [2.75, 3.05) is 0 Å². The molecule has 2 aromatic heterocycles. The number of H-pyrrole nitrogens is 1. The summed E-state index contributed by atoms with van der Waals surface area (Å²) >= 11 is 1.36. The molecule has 0 saturated carbocycles. The molecule has 0 aliphatic heterocycles. The third kappa shape index (κ3) is 3.19. The van der Waals surface area contributed by atoms with Crippen LogP contribution in [0.3, 0.4) is 0 Å². The number of carbonyl (C=O) groups is 1. The van der Waals surface area contributed by atoms with Gasteiger partial charge in [-0.05, 0) is 13.0 Å². The highest BCUT2D eigenvalue weighted by Gasteiger charge is 2.18. The van der Waals surface area contributed by atoms with Gasteiger partial charge in [-0.25, -0.2) is 22.9 Å². The maximum absolute atomic E-state index is 11.9. The molecule has 0 fully saturated rings. The highest BCUT2D eigenvalue weighted by Crippen LogP contribution is 2.13. The van der Waals surface area contributed by atoms with E-state index < -0.39 is 16.0 Å². The number of aromatic nitrogens is 2. The number of nitrogens with zero attached hydrogens (tertiary/aromatic N) is 1. The molecule has 2 rings (SSSR count). The molecule has 0 atom stereocenters. The molecule has 0 aliphatic rings. The third-order valence-corrected chi connectivity index (χ3v) is 4.62. The molecule has 0 bridgehead atoms. The van der Waals surface area contributed by atoms with Crippen LogP contribution >= 0.6 is 11.3 Å². The van der Waals surface area contributed by atoms with Gasteiger partial charge < -0.3 is 10.1 Å². The topological polar surface area (TPSA) is 112 Å². The second-order valence-corrected chi connectivity index (χ2v) is 6.47. The Morgan fingerprint density at radius 3 is 2.84 bits per heavy atom. The fourth-order valence-corrected chi connectivity index (χ4v) is 3.16. The molecule has 2 heterocycles. The highest BCUT2D eigenvalue weighted by molar-refractivity contribution is 7.89. The second kappa shape index (κ2) is 5.11. The maximum Gasteiger partial charge on any atom is 0.352 e. The van der Waals surface area contributed by atoms with E-state index in [0.29, 0.717) is 5.01 Å². The largest absolute Gasteiger partial charge is 0.477 e. The predicted octanol–water partition coefficient (Wildman–Crippen LogP) is 0.956. The SMILES string of the molecule is Cc1csc(CNS(=O)(=O)c2c[nH]c(C(=O)O)c2)n1. The number of hydrogen-bond acceptors (Lipinski definition) is 5. The van der Waals surface area contributed by atoms with Gasteiger partial charge in [0, 0.05) is 17.3 Å². The van der Waals surface area contributed by atoms with E-state index in [9.17, 15) is 13.2 Å². The molecule has 102 valence electrons. The normalized spacial score (nSPS) is 11.6. The summed E-state index contributed by atoms with van der Waals surface area (Å²) < 4.78 is 26.2. The van der Waals surface area contributed by atoms with Gasteiger partial charge in [0.25, 0.3) is 0 Å². The van der Waals surface area contributed by atoms with Gasteiger partial charge in [0.05, 0.1) is 6.54 Å². The van der Waals surface area contributed by atoms with Crippen molar-refractivity contribution >= 4 is 27.3 Å². The number of rotatable bonds is 5. The van der Waals surface area contributed by atoms with Crippen molar-refractivity contribution < 1.29 is 18.3 Å². The van der Waals surface area contributed by atoms with Crippen LogP contribution in [0, 0.1) is 6.92 Å². The smallest absolute Gasteiger partial charge is 0.352 e. The van der Waals surface area contributed by atoms with Gasteiger partial charge in [0.2, 0.25) is 10.0 Å². The minimum atomic E-state index is -3.74. The standard InChI is InChI=1S/C10H11N3O4S2/c1-6-5-18-9(13-6)4-12-19(16,17)7-2-8(10(14)15)11-3-7/h2-3,5,11-12H,4H2,1H3,(H,14,15). The fraction of sp³-hybridized carbons (Fsp3) is 0.200. The van der Waals surface area contributed by atoms with Gasteiger partial charge in [-0.2, -0.15) is 0 Å². The number of sulfonamides is 1. The van der Waals surface area contributed by atoms with Gasteiger partial charge in [0.15, 0.2) is 0 Å². The Kier molecular flexibility index (Phi) is 3.69. The van der Waals surface area contributed by atoms with Crippen LogP contribution in [0.2, 0.25) is 0 Å². The van der Waals surface area contributed by atoms with Crippen LogP contribution in [-0.4, -0.2) is 29.5 Å². The molecule has 0 amide bonds. The summed E-state index contributed by atoms with van der Waals surface area (Å²) in [6.45, 7) is 1.90. The molecule has 2 aromatic rings. The molecule has 0 saturated heterocycles. The first-order chi connectivity index (χ1) is 8.88. The Balaban J connectivity index is 2.11. The summed E-state index contributed by atoms with van der Waals surface area (Å²) in [6, 6.07) is 1.07. The Labute approximate surface area is 113 Å².